The molecule has 1 aromatic rings. The molecule has 1 aliphatic carbocycles. The fraction of sp³-hybridized carbons (Fsp3) is 0.522. The molecule has 2 N–H and O–H groups in total. The number of amides is 3. The summed E-state index contributed by atoms with van der Waals surface area (Å²) < 4.78 is 5.48. The highest BCUT2D eigenvalue weighted by atomic mass is 16.5. The SMILES string of the molecule is CCCN1C(=O)NC(c2cccc(NC(=O)C3CCC3)c2)C(C(=O)OC(C)C)=C1C. The number of nitrogens with zero attached hydrogens (tertiary/aromatic N) is 1. The Balaban J connectivity index is 1.93. The lowest BCUT2D eigenvalue weighted by molar-refractivity contribution is -0.143. The topological polar surface area (TPSA) is 87.7 Å². The minimum absolute atomic E-state index is 0.0198. The molecule has 1 aliphatic heterocycles. The zero-order valence-corrected chi connectivity index (χ0v) is 18.2. The Hall–Kier alpha value is -2.83. The summed E-state index contributed by atoms with van der Waals surface area (Å²) in [6, 6.07) is 6.40. The molecule has 1 fully saturated rings. The van der Waals surface area contributed by atoms with E-state index in [-0.39, 0.29) is 24.0 Å². The van der Waals surface area contributed by atoms with Gasteiger partial charge in [0.25, 0.3) is 0 Å². The lowest BCUT2D eigenvalue weighted by Crippen LogP contribution is -2.48. The second kappa shape index (κ2) is 9.32. The summed E-state index contributed by atoms with van der Waals surface area (Å²) in [5.41, 5.74) is 2.39. The number of carbonyl (C=O) groups excluding carboxylic acids is 3. The van der Waals surface area contributed by atoms with Gasteiger partial charge in [-0.3, -0.25) is 9.69 Å². The van der Waals surface area contributed by atoms with Crippen molar-refractivity contribution in [1.82, 2.24) is 10.2 Å². The van der Waals surface area contributed by atoms with Crippen molar-refractivity contribution in [3.8, 4) is 0 Å². The van der Waals surface area contributed by atoms with Crippen LogP contribution in [-0.4, -0.2) is 35.5 Å². The number of esters is 1. The molecular formula is C23H31N3O4. The molecule has 0 spiro atoms. The van der Waals surface area contributed by atoms with Crippen LogP contribution in [-0.2, 0) is 14.3 Å². The van der Waals surface area contributed by atoms with Crippen molar-refractivity contribution in [3.05, 3.63) is 41.1 Å². The maximum absolute atomic E-state index is 12.9. The molecule has 0 saturated heterocycles. The molecule has 1 atom stereocenters. The summed E-state index contributed by atoms with van der Waals surface area (Å²) in [7, 11) is 0. The van der Waals surface area contributed by atoms with Gasteiger partial charge in [0.1, 0.15) is 0 Å². The Kier molecular flexibility index (Phi) is 6.80. The number of hydrogen-bond donors (Lipinski definition) is 2. The molecule has 7 nitrogen and oxygen atoms in total. The molecular weight excluding hydrogens is 382 g/mol. The summed E-state index contributed by atoms with van der Waals surface area (Å²) in [5.74, 6) is -0.353. The molecule has 0 aromatic heterocycles. The standard InChI is InChI=1S/C23H31N3O4/c1-5-12-26-15(4)19(22(28)30-14(2)3)20(25-23(26)29)17-10-7-11-18(13-17)24-21(27)16-8-6-9-16/h7,10-11,13-14,16,20H,5-6,8-9,12H2,1-4H3,(H,24,27)(H,25,29). The predicted octanol–water partition coefficient (Wildman–Crippen LogP) is 4.13. The lowest BCUT2D eigenvalue weighted by Gasteiger charge is -2.35. The second-order valence-electron chi connectivity index (χ2n) is 8.23. The number of urea groups is 1. The number of nitrogens with one attached hydrogen (secondary N) is 2. The van der Waals surface area contributed by atoms with Gasteiger partial charge in [-0.1, -0.05) is 25.5 Å². The van der Waals surface area contributed by atoms with Crippen LogP contribution in [0, 0.1) is 5.92 Å². The Bertz CT molecular complexity index is 858. The van der Waals surface area contributed by atoms with E-state index in [0.717, 1.165) is 31.2 Å². The van der Waals surface area contributed by atoms with Gasteiger partial charge in [0.2, 0.25) is 5.91 Å². The average Bonchev–Trinajstić information content (AvgIpc) is 2.62. The quantitative estimate of drug-likeness (QED) is 0.658. The Morgan fingerprint density at radius 1 is 1.30 bits per heavy atom. The molecule has 3 amide bonds. The number of rotatable bonds is 7. The van der Waals surface area contributed by atoms with Crippen LogP contribution < -0.4 is 10.6 Å². The van der Waals surface area contributed by atoms with Crippen LogP contribution in [0.5, 0.6) is 0 Å². The summed E-state index contributed by atoms with van der Waals surface area (Å²) >= 11 is 0. The predicted molar refractivity (Wildman–Crippen MR) is 115 cm³/mol. The molecule has 1 aromatic carbocycles. The molecule has 7 heteroatoms. The molecule has 0 bridgehead atoms. The van der Waals surface area contributed by atoms with Gasteiger partial charge < -0.3 is 15.4 Å². The molecule has 3 rings (SSSR count). The van der Waals surface area contributed by atoms with Crippen molar-refractivity contribution < 1.29 is 19.1 Å². The highest BCUT2D eigenvalue weighted by Crippen LogP contribution is 2.33. The number of hydrogen-bond acceptors (Lipinski definition) is 4. The first-order valence-electron chi connectivity index (χ1n) is 10.7. The first-order chi connectivity index (χ1) is 14.3. The van der Waals surface area contributed by atoms with Gasteiger partial charge in [-0.15, -0.1) is 0 Å². The monoisotopic (exact) mass is 413 g/mol. The third-order valence-electron chi connectivity index (χ3n) is 5.57. The number of carbonyl (C=O) groups is 3. The molecule has 0 radical (unpaired) electrons. The smallest absolute Gasteiger partial charge is 0.338 e. The summed E-state index contributed by atoms with van der Waals surface area (Å²) in [6.45, 7) is 7.86. The maximum atomic E-state index is 12.9. The van der Waals surface area contributed by atoms with E-state index in [9.17, 15) is 14.4 Å². The lowest BCUT2D eigenvalue weighted by atomic mass is 9.85. The second-order valence-corrected chi connectivity index (χ2v) is 8.23. The van der Waals surface area contributed by atoms with Crippen molar-refractivity contribution in [3.63, 3.8) is 0 Å². The van der Waals surface area contributed by atoms with Gasteiger partial charge in [0, 0.05) is 23.8 Å². The van der Waals surface area contributed by atoms with Crippen LogP contribution in [0.15, 0.2) is 35.5 Å². The van der Waals surface area contributed by atoms with Gasteiger partial charge in [-0.05, 0) is 57.7 Å². The minimum atomic E-state index is -0.641. The molecule has 2 aliphatic rings. The van der Waals surface area contributed by atoms with Crippen molar-refractivity contribution in [2.45, 2.75) is 65.5 Å². The van der Waals surface area contributed by atoms with Crippen LogP contribution in [0.25, 0.3) is 0 Å². The van der Waals surface area contributed by atoms with Gasteiger partial charge in [0.15, 0.2) is 0 Å². The maximum Gasteiger partial charge on any atom is 0.338 e. The Labute approximate surface area is 177 Å². The Morgan fingerprint density at radius 3 is 2.63 bits per heavy atom. The average molecular weight is 414 g/mol. The molecule has 30 heavy (non-hydrogen) atoms. The molecule has 162 valence electrons. The zero-order valence-electron chi connectivity index (χ0n) is 18.2. The highest BCUT2D eigenvalue weighted by molar-refractivity contribution is 5.96. The highest BCUT2D eigenvalue weighted by Gasteiger charge is 2.36. The Morgan fingerprint density at radius 2 is 2.03 bits per heavy atom. The summed E-state index contributed by atoms with van der Waals surface area (Å²) in [4.78, 5) is 39.6. The van der Waals surface area contributed by atoms with Crippen LogP contribution in [0.4, 0.5) is 10.5 Å². The zero-order chi connectivity index (χ0) is 21.8. The third-order valence-corrected chi connectivity index (χ3v) is 5.57. The normalized spacial score (nSPS) is 19.4. The molecule has 1 unspecified atom stereocenters. The van der Waals surface area contributed by atoms with Crippen molar-refractivity contribution in [2.75, 3.05) is 11.9 Å². The van der Waals surface area contributed by atoms with Crippen LogP contribution in [0.2, 0.25) is 0 Å². The number of benzene rings is 1. The van der Waals surface area contributed by atoms with Crippen molar-refractivity contribution >= 4 is 23.6 Å². The number of anilines is 1. The minimum Gasteiger partial charge on any atom is -0.459 e. The first-order valence-corrected chi connectivity index (χ1v) is 10.7. The van der Waals surface area contributed by atoms with E-state index in [1.807, 2.05) is 31.2 Å². The third kappa shape index (κ3) is 4.66. The van der Waals surface area contributed by atoms with E-state index >= 15 is 0 Å². The summed E-state index contributed by atoms with van der Waals surface area (Å²) in [5, 5.41) is 5.90. The molecule has 1 heterocycles. The van der Waals surface area contributed by atoms with E-state index in [0.29, 0.717) is 23.5 Å². The van der Waals surface area contributed by atoms with E-state index in [1.54, 1.807) is 25.7 Å². The fourth-order valence-corrected chi connectivity index (χ4v) is 3.78. The van der Waals surface area contributed by atoms with Crippen molar-refractivity contribution in [2.24, 2.45) is 5.92 Å². The van der Waals surface area contributed by atoms with Crippen LogP contribution in [0.3, 0.4) is 0 Å². The van der Waals surface area contributed by atoms with Crippen molar-refractivity contribution in [1.29, 1.82) is 0 Å². The van der Waals surface area contributed by atoms with Crippen LogP contribution in [0.1, 0.15) is 65.0 Å². The van der Waals surface area contributed by atoms with Gasteiger partial charge >= 0.3 is 12.0 Å². The first kappa shape index (κ1) is 21.9. The fourth-order valence-electron chi connectivity index (χ4n) is 3.78. The van der Waals surface area contributed by atoms with E-state index in [2.05, 4.69) is 10.6 Å². The number of allylic oxidation sites excluding steroid dienone is 1. The van der Waals surface area contributed by atoms with Gasteiger partial charge in [0.05, 0.1) is 17.7 Å². The summed E-state index contributed by atoms with van der Waals surface area (Å²) in [6.07, 6.45) is 3.43. The largest absolute Gasteiger partial charge is 0.459 e. The van der Waals surface area contributed by atoms with Gasteiger partial charge in [-0.25, -0.2) is 9.59 Å². The number of ether oxygens (including phenoxy) is 1. The van der Waals surface area contributed by atoms with E-state index in [1.165, 1.54) is 0 Å². The van der Waals surface area contributed by atoms with Gasteiger partial charge in [-0.2, -0.15) is 0 Å². The molecule has 1 saturated carbocycles. The van der Waals surface area contributed by atoms with E-state index in [4.69, 9.17) is 4.74 Å². The van der Waals surface area contributed by atoms with Crippen LogP contribution >= 0.6 is 0 Å². The van der Waals surface area contributed by atoms with E-state index < -0.39 is 12.0 Å².